The van der Waals surface area contributed by atoms with Crippen molar-refractivity contribution >= 4 is 11.4 Å². The molecule has 8 rings (SSSR count). The Balaban J connectivity index is 1.66. The van der Waals surface area contributed by atoms with Gasteiger partial charge in [-0.1, -0.05) is 158 Å². The number of rotatable bonds is 7. The fraction of sp³-hybridized carbons (Fsp3) is 0.0714. The SMILES string of the molecule is c1ccc(C2N(c3ccccc3)C(c3ccccc3)(c3ncc[nH]3)N(c3ccccc3)C2(c2ccccc2)c2ccccc2)cc1. The van der Waals surface area contributed by atoms with Gasteiger partial charge in [0.15, 0.2) is 5.82 Å². The molecule has 1 saturated heterocycles. The third kappa shape index (κ3) is 4.11. The number of anilines is 2. The van der Waals surface area contributed by atoms with Gasteiger partial charge in [0.1, 0.15) is 5.54 Å². The number of nitrogens with zero attached hydrogens (tertiary/aromatic N) is 3. The molecule has 4 nitrogen and oxygen atoms in total. The highest BCUT2D eigenvalue weighted by atomic mass is 15.5. The van der Waals surface area contributed by atoms with Crippen molar-refractivity contribution in [3.05, 3.63) is 222 Å². The van der Waals surface area contributed by atoms with Crippen LogP contribution in [0.2, 0.25) is 0 Å². The van der Waals surface area contributed by atoms with E-state index in [9.17, 15) is 0 Å². The molecule has 0 saturated carbocycles. The number of imidazole rings is 1. The summed E-state index contributed by atoms with van der Waals surface area (Å²) >= 11 is 0. The molecule has 1 aliphatic heterocycles. The van der Waals surface area contributed by atoms with Crippen LogP contribution in [0.3, 0.4) is 0 Å². The van der Waals surface area contributed by atoms with Crippen molar-refractivity contribution in [1.82, 2.24) is 9.97 Å². The molecule has 4 heteroatoms. The zero-order valence-electron chi connectivity index (χ0n) is 25.4. The van der Waals surface area contributed by atoms with Crippen molar-refractivity contribution in [3.8, 4) is 0 Å². The third-order valence-electron chi connectivity index (χ3n) is 9.28. The van der Waals surface area contributed by atoms with E-state index in [-0.39, 0.29) is 6.04 Å². The van der Waals surface area contributed by atoms with Crippen LogP contribution in [0, 0.1) is 0 Å². The van der Waals surface area contributed by atoms with Crippen LogP contribution in [0.15, 0.2) is 194 Å². The quantitative estimate of drug-likeness (QED) is 0.200. The molecule has 1 fully saturated rings. The van der Waals surface area contributed by atoms with Crippen LogP contribution in [0.25, 0.3) is 0 Å². The molecule has 2 heterocycles. The van der Waals surface area contributed by atoms with E-state index in [0.29, 0.717) is 0 Å². The molecule has 0 amide bonds. The van der Waals surface area contributed by atoms with Gasteiger partial charge in [0.25, 0.3) is 0 Å². The first-order chi connectivity index (χ1) is 22.9. The molecule has 0 spiro atoms. The average Bonchev–Trinajstić information content (AvgIpc) is 3.79. The maximum atomic E-state index is 5.14. The molecular formula is C42H34N4. The molecule has 1 aromatic heterocycles. The predicted molar refractivity (Wildman–Crippen MR) is 186 cm³/mol. The van der Waals surface area contributed by atoms with Crippen LogP contribution in [0.5, 0.6) is 0 Å². The van der Waals surface area contributed by atoms with Crippen LogP contribution in [-0.4, -0.2) is 9.97 Å². The van der Waals surface area contributed by atoms with Crippen molar-refractivity contribution in [3.63, 3.8) is 0 Å². The molecule has 2 unspecified atom stereocenters. The van der Waals surface area contributed by atoms with Gasteiger partial charge in [-0.3, -0.25) is 0 Å². The monoisotopic (exact) mass is 594 g/mol. The average molecular weight is 595 g/mol. The first-order valence-corrected chi connectivity index (χ1v) is 15.8. The molecule has 2 atom stereocenters. The first-order valence-electron chi connectivity index (χ1n) is 15.8. The van der Waals surface area contributed by atoms with Crippen molar-refractivity contribution in [1.29, 1.82) is 0 Å². The maximum Gasteiger partial charge on any atom is 0.201 e. The summed E-state index contributed by atoms with van der Waals surface area (Å²) in [6, 6.07) is 65.2. The molecule has 0 aliphatic carbocycles. The Hall–Kier alpha value is -5.87. The van der Waals surface area contributed by atoms with E-state index >= 15 is 0 Å². The number of H-pyrrole nitrogens is 1. The summed E-state index contributed by atoms with van der Waals surface area (Å²) in [5.41, 5.74) is 5.16. The number of para-hydroxylation sites is 2. The van der Waals surface area contributed by atoms with E-state index in [1.807, 2.05) is 12.4 Å². The highest BCUT2D eigenvalue weighted by molar-refractivity contribution is 5.75. The van der Waals surface area contributed by atoms with Gasteiger partial charge in [0.2, 0.25) is 5.66 Å². The Kier molecular flexibility index (Phi) is 6.96. The Morgan fingerprint density at radius 1 is 0.478 bits per heavy atom. The van der Waals surface area contributed by atoms with E-state index in [4.69, 9.17) is 4.98 Å². The second-order valence-electron chi connectivity index (χ2n) is 11.7. The second kappa shape index (κ2) is 11.6. The van der Waals surface area contributed by atoms with E-state index in [1.165, 1.54) is 16.7 Å². The van der Waals surface area contributed by atoms with E-state index < -0.39 is 11.2 Å². The third-order valence-corrected chi connectivity index (χ3v) is 9.28. The number of nitrogens with one attached hydrogen (secondary N) is 1. The molecule has 1 N–H and O–H groups in total. The molecular weight excluding hydrogens is 560 g/mol. The second-order valence-corrected chi connectivity index (χ2v) is 11.7. The van der Waals surface area contributed by atoms with Crippen LogP contribution < -0.4 is 9.80 Å². The Bertz CT molecular complexity index is 1940. The van der Waals surface area contributed by atoms with Crippen LogP contribution in [-0.2, 0) is 11.2 Å². The lowest BCUT2D eigenvalue weighted by Gasteiger charge is -2.49. The summed E-state index contributed by atoms with van der Waals surface area (Å²) in [5.74, 6) is 0.834. The largest absolute Gasteiger partial charge is 0.345 e. The van der Waals surface area contributed by atoms with Gasteiger partial charge in [-0.15, -0.1) is 0 Å². The zero-order chi connectivity index (χ0) is 30.8. The lowest BCUT2D eigenvalue weighted by Crippen LogP contribution is -2.57. The molecule has 1 aliphatic rings. The number of hydrogen-bond donors (Lipinski definition) is 1. The number of aromatic amines is 1. The number of hydrogen-bond acceptors (Lipinski definition) is 3. The minimum Gasteiger partial charge on any atom is -0.345 e. The van der Waals surface area contributed by atoms with Gasteiger partial charge in [-0.05, 0) is 41.0 Å². The van der Waals surface area contributed by atoms with Gasteiger partial charge in [0, 0.05) is 29.3 Å². The fourth-order valence-electron chi connectivity index (χ4n) is 7.65. The Morgan fingerprint density at radius 2 is 0.913 bits per heavy atom. The first kappa shape index (κ1) is 27.7. The zero-order valence-corrected chi connectivity index (χ0v) is 25.4. The molecule has 222 valence electrons. The van der Waals surface area contributed by atoms with E-state index in [1.54, 1.807) is 0 Å². The van der Waals surface area contributed by atoms with Gasteiger partial charge >= 0.3 is 0 Å². The summed E-state index contributed by atoms with van der Waals surface area (Å²) < 4.78 is 0. The van der Waals surface area contributed by atoms with Crippen molar-refractivity contribution in [2.24, 2.45) is 0 Å². The van der Waals surface area contributed by atoms with Crippen molar-refractivity contribution in [2.75, 3.05) is 9.80 Å². The summed E-state index contributed by atoms with van der Waals surface area (Å²) in [6.45, 7) is 0. The van der Waals surface area contributed by atoms with Crippen LogP contribution >= 0.6 is 0 Å². The smallest absolute Gasteiger partial charge is 0.201 e. The highest BCUT2D eigenvalue weighted by Gasteiger charge is 2.69. The summed E-state index contributed by atoms with van der Waals surface area (Å²) in [5, 5.41) is 0. The molecule has 6 aromatic carbocycles. The van der Waals surface area contributed by atoms with Gasteiger partial charge in [0.05, 0.1) is 6.04 Å². The lowest BCUT2D eigenvalue weighted by molar-refractivity contribution is 0.443. The molecule has 7 aromatic rings. The minimum absolute atomic E-state index is 0.216. The number of aromatic nitrogens is 2. The topological polar surface area (TPSA) is 35.2 Å². The van der Waals surface area contributed by atoms with Gasteiger partial charge in [-0.2, -0.15) is 0 Å². The van der Waals surface area contributed by atoms with E-state index in [0.717, 1.165) is 22.8 Å². The summed E-state index contributed by atoms with van der Waals surface area (Å²) in [7, 11) is 0. The highest BCUT2D eigenvalue weighted by Crippen LogP contribution is 2.65. The summed E-state index contributed by atoms with van der Waals surface area (Å²) in [4.78, 5) is 14.0. The van der Waals surface area contributed by atoms with Crippen LogP contribution in [0.1, 0.15) is 34.1 Å². The Morgan fingerprint density at radius 3 is 1.39 bits per heavy atom. The summed E-state index contributed by atoms with van der Waals surface area (Å²) in [6.07, 6.45) is 3.81. The van der Waals surface area contributed by atoms with Gasteiger partial charge in [-0.25, -0.2) is 4.98 Å². The molecule has 46 heavy (non-hydrogen) atoms. The van der Waals surface area contributed by atoms with Crippen molar-refractivity contribution < 1.29 is 0 Å². The standard InChI is InChI=1S/C42H34N4/c1-7-19-33(20-8-1)39-41(34-21-9-2-10-22-34,35-23-11-3-12-24-35)46(38-29-17-6-18-30-38)42(40-43-31-32-44-40,36-25-13-4-14-26-36)45(39)37-27-15-5-16-28-37/h1-32,39H,(H,43,44). The van der Waals surface area contributed by atoms with Gasteiger partial charge < -0.3 is 14.8 Å². The minimum atomic E-state index is -0.931. The lowest BCUT2D eigenvalue weighted by atomic mass is 9.73. The molecule has 0 radical (unpaired) electrons. The van der Waals surface area contributed by atoms with Crippen LogP contribution in [0.4, 0.5) is 11.4 Å². The van der Waals surface area contributed by atoms with E-state index in [2.05, 4.69) is 197 Å². The Labute approximate surface area is 270 Å². The molecule has 0 bridgehead atoms. The normalized spacial score (nSPS) is 18.8. The fourth-order valence-corrected chi connectivity index (χ4v) is 7.65. The predicted octanol–water partition coefficient (Wildman–Crippen LogP) is 9.32. The maximum absolute atomic E-state index is 5.14. The number of benzene rings is 6. The van der Waals surface area contributed by atoms with Crippen molar-refractivity contribution in [2.45, 2.75) is 17.2 Å².